The molecule has 0 spiro atoms. The maximum Gasteiger partial charge on any atom is 0.419 e. The molecule has 1 unspecified atom stereocenters. The molecule has 1 N–H and O–H groups in total. The second-order valence-corrected chi connectivity index (χ2v) is 9.37. The van der Waals surface area contributed by atoms with E-state index in [9.17, 15) is 17.6 Å². The molecule has 3 aromatic carbocycles. The summed E-state index contributed by atoms with van der Waals surface area (Å²) in [6.07, 6.45) is -2.99. The summed E-state index contributed by atoms with van der Waals surface area (Å²) in [7, 11) is 1.56. The second kappa shape index (κ2) is 10.3. The van der Waals surface area contributed by atoms with Crippen LogP contribution < -0.4 is 9.47 Å². The van der Waals surface area contributed by atoms with Gasteiger partial charge >= 0.3 is 6.18 Å². The van der Waals surface area contributed by atoms with Crippen molar-refractivity contribution in [2.45, 2.75) is 52.1 Å². The third-order valence-corrected chi connectivity index (χ3v) is 7.29. The normalized spacial score (nSPS) is 16.7. The van der Waals surface area contributed by atoms with Crippen LogP contribution >= 0.6 is 0 Å². The summed E-state index contributed by atoms with van der Waals surface area (Å²) in [6, 6.07) is 15.3. The molecular weight excluding hydrogens is 496 g/mol. The summed E-state index contributed by atoms with van der Waals surface area (Å²) in [4.78, 5) is 6.03. The molecule has 0 saturated heterocycles. The van der Waals surface area contributed by atoms with E-state index in [1.807, 2.05) is 32.0 Å². The van der Waals surface area contributed by atoms with Gasteiger partial charge in [0.25, 0.3) is 0 Å². The summed E-state index contributed by atoms with van der Waals surface area (Å²) in [5, 5.41) is 1.24. The second-order valence-electron chi connectivity index (χ2n) is 9.37. The maximum atomic E-state index is 14.0. The molecule has 38 heavy (non-hydrogen) atoms. The number of benzene rings is 3. The molecule has 0 radical (unpaired) electrons. The number of H-pyrrole nitrogens is 1. The molecule has 0 bridgehead atoms. The van der Waals surface area contributed by atoms with E-state index >= 15 is 0 Å². The maximum absolute atomic E-state index is 14.0. The molecule has 6 rings (SSSR count). The number of hydrogen-bond donors (Lipinski definition) is 1. The zero-order valence-electron chi connectivity index (χ0n) is 21.6. The standard InChI is InChI=1S/C28H24F4N2O2.C2H6/c1-35-26-11-17-8-9-34-14-24-20(18-4-2-3-5-23(18)33-24)12-25(34)19(17)13-27(26)36-15-16-6-7-21(22(29)10-16)28(30,31)32;1-2/h2-7,10-11,13,25,33H,8-9,12,14-15H2,1H3;1-2H3. The third kappa shape index (κ3) is 4.73. The smallest absolute Gasteiger partial charge is 0.419 e. The number of aromatic nitrogens is 1. The number of aromatic amines is 1. The van der Waals surface area contributed by atoms with Gasteiger partial charge in [0, 0.05) is 35.7 Å². The van der Waals surface area contributed by atoms with Crippen molar-refractivity contribution in [1.82, 2.24) is 9.88 Å². The van der Waals surface area contributed by atoms with E-state index in [1.165, 1.54) is 28.3 Å². The first-order valence-electron chi connectivity index (χ1n) is 12.8. The van der Waals surface area contributed by atoms with Gasteiger partial charge in [-0.1, -0.05) is 38.1 Å². The minimum absolute atomic E-state index is 0.0782. The van der Waals surface area contributed by atoms with Crippen LogP contribution in [0.25, 0.3) is 10.9 Å². The Labute approximate surface area is 219 Å². The van der Waals surface area contributed by atoms with Crippen molar-refractivity contribution < 1.29 is 27.0 Å². The fraction of sp³-hybridized carbons (Fsp3) is 0.333. The van der Waals surface area contributed by atoms with Crippen LogP contribution in [0.2, 0.25) is 0 Å². The van der Waals surface area contributed by atoms with Crippen molar-refractivity contribution in [3.63, 3.8) is 0 Å². The first-order valence-corrected chi connectivity index (χ1v) is 12.8. The zero-order chi connectivity index (χ0) is 27.0. The summed E-state index contributed by atoms with van der Waals surface area (Å²) >= 11 is 0. The first kappa shape index (κ1) is 26.1. The lowest BCUT2D eigenvalue weighted by Crippen LogP contribution is -2.39. The Balaban J connectivity index is 0.00000144. The van der Waals surface area contributed by atoms with E-state index in [4.69, 9.17) is 9.47 Å². The number of alkyl halides is 3. The highest BCUT2D eigenvalue weighted by Gasteiger charge is 2.35. The van der Waals surface area contributed by atoms with Gasteiger partial charge in [-0.3, -0.25) is 4.90 Å². The van der Waals surface area contributed by atoms with Crippen LogP contribution in [0.1, 0.15) is 53.4 Å². The molecule has 8 heteroatoms. The van der Waals surface area contributed by atoms with Crippen molar-refractivity contribution in [1.29, 1.82) is 0 Å². The topological polar surface area (TPSA) is 37.5 Å². The largest absolute Gasteiger partial charge is 0.493 e. The Kier molecular flexibility index (Phi) is 7.09. The molecule has 200 valence electrons. The van der Waals surface area contributed by atoms with E-state index in [0.717, 1.165) is 49.1 Å². The number of fused-ring (bicyclic) bond motifs is 6. The van der Waals surface area contributed by atoms with Gasteiger partial charge in [-0.25, -0.2) is 4.39 Å². The number of nitrogens with zero attached hydrogens (tertiary/aromatic N) is 1. The molecule has 1 atom stereocenters. The molecule has 2 aliphatic rings. The number of nitrogens with one attached hydrogen (secondary N) is 1. The molecule has 0 saturated carbocycles. The molecular formula is C30H30F4N2O2. The van der Waals surface area contributed by atoms with E-state index in [1.54, 1.807) is 7.11 Å². The molecule has 4 nitrogen and oxygen atoms in total. The quantitative estimate of drug-likeness (QED) is 0.278. The minimum Gasteiger partial charge on any atom is -0.493 e. The Morgan fingerprint density at radius 1 is 1.03 bits per heavy atom. The number of methoxy groups -OCH3 is 1. The van der Waals surface area contributed by atoms with E-state index in [0.29, 0.717) is 17.1 Å². The van der Waals surface area contributed by atoms with Crippen LogP contribution in [-0.4, -0.2) is 23.5 Å². The molecule has 1 aromatic heterocycles. The van der Waals surface area contributed by atoms with Crippen LogP contribution in [0.3, 0.4) is 0 Å². The molecule has 2 aliphatic heterocycles. The van der Waals surface area contributed by atoms with Crippen molar-refractivity contribution in [2.75, 3.05) is 13.7 Å². The van der Waals surface area contributed by atoms with Gasteiger partial charge in [-0.2, -0.15) is 13.2 Å². The number of rotatable bonds is 4. The summed E-state index contributed by atoms with van der Waals surface area (Å²) in [5.41, 5.74) is 5.11. The Morgan fingerprint density at radius 2 is 1.82 bits per heavy atom. The zero-order valence-corrected chi connectivity index (χ0v) is 21.6. The Bertz CT molecular complexity index is 1460. The fourth-order valence-corrected chi connectivity index (χ4v) is 5.52. The van der Waals surface area contributed by atoms with Crippen LogP contribution in [0.4, 0.5) is 17.6 Å². The Morgan fingerprint density at radius 3 is 2.55 bits per heavy atom. The number of halogens is 4. The highest BCUT2D eigenvalue weighted by Crippen LogP contribution is 2.44. The number of para-hydroxylation sites is 1. The first-order chi connectivity index (χ1) is 18.3. The van der Waals surface area contributed by atoms with Gasteiger partial charge in [-0.15, -0.1) is 0 Å². The van der Waals surface area contributed by atoms with Gasteiger partial charge < -0.3 is 14.5 Å². The van der Waals surface area contributed by atoms with Crippen molar-refractivity contribution in [3.05, 3.63) is 93.9 Å². The predicted molar refractivity (Wildman–Crippen MR) is 139 cm³/mol. The van der Waals surface area contributed by atoms with Crippen molar-refractivity contribution in [2.24, 2.45) is 0 Å². The van der Waals surface area contributed by atoms with Gasteiger partial charge in [0.05, 0.1) is 12.7 Å². The summed E-state index contributed by atoms with van der Waals surface area (Å²) < 4.78 is 64.2. The average Bonchev–Trinajstić information content (AvgIpc) is 3.28. The molecule has 0 fully saturated rings. The van der Waals surface area contributed by atoms with Crippen LogP contribution in [0, 0.1) is 5.82 Å². The minimum atomic E-state index is -4.73. The van der Waals surface area contributed by atoms with Gasteiger partial charge in [-0.05, 0) is 65.4 Å². The van der Waals surface area contributed by atoms with Gasteiger partial charge in [0.1, 0.15) is 12.4 Å². The summed E-state index contributed by atoms with van der Waals surface area (Å²) in [6.45, 7) is 5.69. The van der Waals surface area contributed by atoms with Crippen LogP contribution in [-0.2, 0) is 32.2 Å². The SMILES string of the molecule is CC.COc1cc2c(cc1OCc1ccc(C(F)(F)F)c(F)c1)C1Cc3c([nH]c4ccccc34)CN1CC2. The lowest BCUT2D eigenvalue weighted by Gasteiger charge is -2.40. The average molecular weight is 527 g/mol. The summed E-state index contributed by atoms with van der Waals surface area (Å²) in [5.74, 6) is -0.269. The molecule has 0 aliphatic carbocycles. The molecule has 4 aromatic rings. The lowest BCUT2D eigenvalue weighted by molar-refractivity contribution is -0.140. The van der Waals surface area contributed by atoms with Gasteiger partial charge in [0.2, 0.25) is 0 Å². The van der Waals surface area contributed by atoms with E-state index < -0.39 is 17.6 Å². The molecule has 3 heterocycles. The lowest BCUT2D eigenvalue weighted by atomic mass is 9.85. The fourth-order valence-electron chi connectivity index (χ4n) is 5.52. The number of hydrogen-bond acceptors (Lipinski definition) is 3. The highest BCUT2D eigenvalue weighted by molar-refractivity contribution is 5.85. The Hall–Kier alpha value is -3.52. The van der Waals surface area contributed by atoms with Crippen molar-refractivity contribution in [3.8, 4) is 11.5 Å². The van der Waals surface area contributed by atoms with Crippen LogP contribution in [0.5, 0.6) is 11.5 Å². The van der Waals surface area contributed by atoms with E-state index in [2.05, 4.69) is 28.1 Å². The predicted octanol–water partition coefficient (Wildman–Crippen LogP) is 7.60. The van der Waals surface area contributed by atoms with Crippen LogP contribution in [0.15, 0.2) is 54.6 Å². The van der Waals surface area contributed by atoms with E-state index in [-0.39, 0.29) is 12.6 Å². The van der Waals surface area contributed by atoms with Gasteiger partial charge in [0.15, 0.2) is 11.5 Å². The van der Waals surface area contributed by atoms with Crippen molar-refractivity contribution >= 4 is 10.9 Å². The number of ether oxygens (including phenoxy) is 2. The molecule has 0 amide bonds. The highest BCUT2D eigenvalue weighted by atomic mass is 19.4. The monoisotopic (exact) mass is 526 g/mol. The third-order valence-electron chi connectivity index (χ3n) is 7.29.